The number of anilines is 1. The van der Waals surface area contributed by atoms with Crippen LogP contribution in [0.3, 0.4) is 0 Å². The summed E-state index contributed by atoms with van der Waals surface area (Å²) in [6, 6.07) is 11.2. The van der Waals surface area contributed by atoms with Crippen LogP contribution in [0.5, 0.6) is 0 Å². The number of piperazine rings is 1. The molecule has 1 amide bonds. The molecule has 2 aromatic heterocycles. The van der Waals surface area contributed by atoms with Crippen LogP contribution in [0.4, 0.5) is 18.9 Å². The summed E-state index contributed by atoms with van der Waals surface area (Å²) in [5.74, 6) is -0.0537. The predicted octanol–water partition coefficient (Wildman–Crippen LogP) is 2.99. The van der Waals surface area contributed by atoms with Crippen molar-refractivity contribution in [2.75, 3.05) is 31.1 Å². The summed E-state index contributed by atoms with van der Waals surface area (Å²) in [7, 11) is 0. The molecule has 1 aliphatic heterocycles. The summed E-state index contributed by atoms with van der Waals surface area (Å²) >= 11 is 0. The van der Waals surface area contributed by atoms with Gasteiger partial charge in [0.1, 0.15) is 18.2 Å². The Bertz CT molecular complexity index is 1220. The molecule has 0 N–H and O–H groups in total. The Kier molecular flexibility index (Phi) is 5.19. The van der Waals surface area contributed by atoms with Crippen molar-refractivity contribution in [3.8, 4) is 6.07 Å². The standard InChI is InChI=1S/C21H17F3N4O3/c22-21(23,24)13-28-16-5-2-1-4-14(16)18(15(12-25)19(28)29)26-7-9-27(10-8-26)20(30)17-6-3-11-31-17/h1-6,11H,7-10,13H2. The van der Waals surface area contributed by atoms with Gasteiger partial charge in [0.2, 0.25) is 0 Å². The average Bonchev–Trinajstić information content (AvgIpc) is 3.29. The van der Waals surface area contributed by atoms with Crippen LogP contribution < -0.4 is 10.5 Å². The van der Waals surface area contributed by atoms with Crippen LogP contribution in [0.25, 0.3) is 10.9 Å². The van der Waals surface area contributed by atoms with E-state index in [0.29, 0.717) is 41.8 Å². The van der Waals surface area contributed by atoms with E-state index in [0.717, 1.165) is 0 Å². The molecule has 0 spiro atoms. The number of amides is 1. The number of alkyl halides is 3. The van der Waals surface area contributed by atoms with Gasteiger partial charge in [-0.2, -0.15) is 18.4 Å². The quantitative estimate of drug-likeness (QED) is 0.638. The van der Waals surface area contributed by atoms with Gasteiger partial charge in [-0.25, -0.2) is 0 Å². The van der Waals surface area contributed by atoms with Crippen LogP contribution in [-0.2, 0) is 6.54 Å². The molecule has 31 heavy (non-hydrogen) atoms. The minimum Gasteiger partial charge on any atom is -0.459 e. The number of furan rings is 1. The number of carbonyl (C=O) groups is 1. The summed E-state index contributed by atoms with van der Waals surface area (Å²) in [5, 5.41) is 10.0. The van der Waals surface area contributed by atoms with Crippen molar-refractivity contribution in [2.45, 2.75) is 12.7 Å². The largest absolute Gasteiger partial charge is 0.459 e. The number of hydrogen-bond acceptors (Lipinski definition) is 5. The van der Waals surface area contributed by atoms with E-state index < -0.39 is 18.3 Å². The number of rotatable bonds is 3. The number of hydrogen-bond donors (Lipinski definition) is 0. The molecule has 3 heterocycles. The Hall–Kier alpha value is -3.74. The molecule has 1 saturated heterocycles. The lowest BCUT2D eigenvalue weighted by molar-refractivity contribution is -0.140. The fourth-order valence-electron chi connectivity index (χ4n) is 3.84. The molecule has 160 valence electrons. The van der Waals surface area contributed by atoms with Crippen LogP contribution in [-0.4, -0.2) is 47.7 Å². The van der Waals surface area contributed by atoms with Crippen LogP contribution in [0.15, 0.2) is 51.9 Å². The molecule has 0 unspecified atom stereocenters. The Morgan fingerprint density at radius 1 is 1.10 bits per heavy atom. The van der Waals surface area contributed by atoms with E-state index in [1.54, 1.807) is 46.2 Å². The molecule has 1 aromatic carbocycles. The molecule has 0 aliphatic carbocycles. The van der Waals surface area contributed by atoms with E-state index in [9.17, 15) is 28.0 Å². The van der Waals surface area contributed by atoms with Gasteiger partial charge in [-0.3, -0.25) is 14.2 Å². The van der Waals surface area contributed by atoms with Gasteiger partial charge in [0.15, 0.2) is 5.76 Å². The van der Waals surface area contributed by atoms with Gasteiger partial charge >= 0.3 is 6.18 Å². The average molecular weight is 430 g/mol. The lowest BCUT2D eigenvalue weighted by atomic mass is 10.1. The molecule has 7 nitrogen and oxygen atoms in total. The first-order chi connectivity index (χ1) is 14.8. The van der Waals surface area contributed by atoms with Crippen molar-refractivity contribution in [2.24, 2.45) is 0 Å². The van der Waals surface area contributed by atoms with Crippen LogP contribution >= 0.6 is 0 Å². The first kappa shape index (κ1) is 20.5. The molecule has 0 saturated carbocycles. The van der Waals surface area contributed by atoms with Crippen molar-refractivity contribution in [3.05, 3.63) is 64.3 Å². The van der Waals surface area contributed by atoms with Crippen molar-refractivity contribution in [3.63, 3.8) is 0 Å². The topological polar surface area (TPSA) is 82.5 Å². The lowest BCUT2D eigenvalue weighted by Crippen LogP contribution is -2.49. The molecule has 10 heteroatoms. The summed E-state index contributed by atoms with van der Waals surface area (Å²) in [4.78, 5) is 28.7. The van der Waals surface area contributed by atoms with Gasteiger partial charge < -0.3 is 14.2 Å². The van der Waals surface area contributed by atoms with Gasteiger partial charge in [0, 0.05) is 31.6 Å². The van der Waals surface area contributed by atoms with Crippen LogP contribution in [0.2, 0.25) is 0 Å². The minimum atomic E-state index is -4.61. The highest BCUT2D eigenvalue weighted by Crippen LogP contribution is 2.31. The summed E-state index contributed by atoms with van der Waals surface area (Å²) in [5.41, 5.74) is -0.920. The molecule has 1 aliphatic rings. The number of nitriles is 1. The van der Waals surface area contributed by atoms with E-state index in [2.05, 4.69) is 0 Å². The third-order valence-electron chi connectivity index (χ3n) is 5.21. The maximum atomic E-state index is 13.1. The Balaban J connectivity index is 1.72. The molecular formula is C21H17F3N4O3. The number of carbonyl (C=O) groups excluding carboxylic acids is 1. The van der Waals surface area contributed by atoms with Crippen LogP contribution in [0.1, 0.15) is 16.1 Å². The summed E-state index contributed by atoms with van der Waals surface area (Å²) in [6.07, 6.45) is -3.20. The molecule has 0 bridgehead atoms. The number of para-hydroxylation sites is 1. The van der Waals surface area contributed by atoms with Gasteiger partial charge in [-0.1, -0.05) is 18.2 Å². The molecular weight excluding hydrogens is 413 g/mol. The van der Waals surface area contributed by atoms with Crippen molar-refractivity contribution in [1.29, 1.82) is 5.26 Å². The number of aromatic nitrogens is 1. The van der Waals surface area contributed by atoms with Gasteiger partial charge in [0.05, 0.1) is 17.5 Å². The molecule has 3 aromatic rings. The molecule has 1 fully saturated rings. The third-order valence-corrected chi connectivity index (χ3v) is 5.21. The molecule has 4 rings (SSSR count). The van der Waals surface area contributed by atoms with E-state index in [1.807, 2.05) is 0 Å². The fourth-order valence-corrected chi connectivity index (χ4v) is 3.84. The third kappa shape index (κ3) is 3.86. The smallest absolute Gasteiger partial charge is 0.406 e. The van der Waals surface area contributed by atoms with Crippen molar-refractivity contribution in [1.82, 2.24) is 9.47 Å². The van der Waals surface area contributed by atoms with E-state index in [-0.39, 0.29) is 22.7 Å². The zero-order valence-corrected chi connectivity index (χ0v) is 16.2. The van der Waals surface area contributed by atoms with Crippen LogP contribution in [0, 0.1) is 11.3 Å². The highest BCUT2D eigenvalue weighted by atomic mass is 19.4. The minimum absolute atomic E-state index is 0.105. The van der Waals surface area contributed by atoms with Crippen molar-refractivity contribution >= 4 is 22.5 Å². The van der Waals surface area contributed by atoms with Crippen molar-refractivity contribution < 1.29 is 22.4 Å². The van der Waals surface area contributed by atoms with Gasteiger partial charge in [-0.05, 0) is 18.2 Å². The monoisotopic (exact) mass is 430 g/mol. The van der Waals surface area contributed by atoms with E-state index in [4.69, 9.17) is 4.42 Å². The fraction of sp³-hybridized carbons (Fsp3) is 0.286. The molecule has 0 radical (unpaired) electrons. The molecule has 0 atom stereocenters. The van der Waals surface area contributed by atoms with Gasteiger partial charge in [0.25, 0.3) is 11.5 Å². The Morgan fingerprint density at radius 3 is 2.42 bits per heavy atom. The second-order valence-corrected chi connectivity index (χ2v) is 7.12. The lowest BCUT2D eigenvalue weighted by Gasteiger charge is -2.36. The maximum absolute atomic E-state index is 13.1. The Morgan fingerprint density at radius 2 is 1.81 bits per heavy atom. The van der Waals surface area contributed by atoms with Gasteiger partial charge in [-0.15, -0.1) is 0 Å². The van der Waals surface area contributed by atoms with E-state index in [1.165, 1.54) is 12.3 Å². The summed E-state index contributed by atoms with van der Waals surface area (Å²) in [6.45, 7) is -0.233. The number of pyridine rings is 1. The zero-order valence-electron chi connectivity index (χ0n) is 16.2. The number of fused-ring (bicyclic) bond motifs is 1. The zero-order chi connectivity index (χ0) is 22.2. The number of halogens is 3. The Labute approximate surface area is 174 Å². The van der Waals surface area contributed by atoms with E-state index >= 15 is 0 Å². The highest BCUT2D eigenvalue weighted by Gasteiger charge is 2.32. The SMILES string of the molecule is N#Cc1c(N2CCN(C(=O)c3ccco3)CC2)c2ccccc2n(CC(F)(F)F)c1=O. The first-order valence-corrected chi connectivity index (χ1v) is 9.50. The number of nitrogens with zero attached hydrogens (tertiary/aromatic N) is 4. The number of benzene rings is 1. The second kappa shape index (κ2) is 7.83. The highest BCUT2D eigenvalue weighted by molar-refractivity contribution is 5.95. The predicted molar refractivity (Wildman–Crippen MR) is 106 cm³/mol. The summed E-state index contributed by atoms with van der Waals surface area (Å²) < 4.78 is 45.0. The first-order valence-electron chi connectivity index (χ1n) is 9.50. The maximum Gasteiger partial charge on any atom is 0.406 e. The second-order valence-electron chi connectivity index (χ2n) is 7.12. The normalized spacial score (nSPS) is 14.6.